The van der Waals surface area contributed by atoms with Gasteiger partial charge in [-0.2, -0.15) is 0 Å². The van der Waals surface area contributed by atoms with Crippen LogP contribution in [-0.4, -0.2) is 62.3 Å². The van der Waals surface area contributed by atoms with Crippen LogP contribution < -0.4 is 16.0 Å². The average molecular weight is 296 g/mol. The number of carbonyl (C=O) groups excluding carboxylic acids is 2. The first-order valence-corrected chi connectivity index (χ1v) is 7.54. The van der Waals surface area contributed by atoms with Gasteiger partial charge < -0.3 is 20.7 Å². The van der Waals surface area contributed by atoms with Gasteiger partial charge in [0, 0.05) is 31.4 Å². The van der Waals surface area contributed by atoms with Gasteiger partial charge in [0.1, 0.15) is 0 Å². The molecule has 2 amide bonds. The Kier molecular flexibility index (Phi) is 5.58. The van der Waals surface area contributed by atoms with Crippen molar-refractivity contribution >= 4 is 12.0 Å². The van der Waals surface area contributed by atoms with Gasteiger partial charge in [-0.15, -0.1) is 0 Å². The Bertz CT molecular complexity index is 432. The predicted molar refractivity (Wildman–Crippen MR) is 78.7 cm³/mol. The van der Waals surface area contributed by atoms with Crippen LogP contribution in [0.1, 0.15) is 20.3 Å². The van der Waals surface area contributed by atoms with E-state index in [9.17, 15) is 9.59 Å². The number of esters is 1. The Hall–Kier alpha value is -1.60. The maximum absolute atomic E-state index is 12.0. The zero-order valence-corrected chi connectivity index (χ0v) is 12.7. The SMILES string of the molecule is CCCN(CC1=C(C(=O)OCC)CNC(=O)N1)C1CNC1. The third-order valence-corrected chi connectivity index (χ3v) is 3.72. The molecule has 0 aromatic heterocycles. The van der Waals surface area contributed by atoms with Gasteiger partial charge in [0.2, 0.25) is 0 Å². The van der Waals surface area contributed by atoms with E-state index >= 15 is 0 Å². The average Bonchev–Trinajstić information content (AvgIpc) is 2.37. The van der Waals surface area contributed by atoms with Crippen LogP contribution in [0.5, 0.6) is 0 Å². The molecule has 2 aliphatic heterocycles. The van der Waals surface area contributed by atoms with E-state index in [1.807, 2.05) is 0 Å². The lowest BCUT2D eigenvalue weighted by Gasteiger charge is -2.39. The smallest absolute Gasteiger partial charge is 0.337 e. The van der Waals surface area contributed by atoms with Crippen LogP contribution in [0.2, 0.25) is 0 Å². The van der Waals surface area contributed by atoms with Crippen molar-refractivity contribution in [3.8, 4) is 0 Å². The summed E-state index contributed by atoms with van der Waals surface area (Å²) in [6, 6.07) is 0.203. The molecule has 7 heteroatoms. The molecule has 2 rings (SSSR count). The molecule has 0 unspecified atom stereocenters. The van der Waals surface area contributed by atoms with Crippen molar-refractivity contribution in [2.45, 2.75) is 26.3 Å². The minimum Gasteiger partial charge on any atom is -0.463 e. The maximum Gasteiger partial charge on any atom is 0.337 e. The molecule has 0 aliphatic carbocycles. The van der Waals surface area contributed by atoms with Crippen molar-refractivity contribution < 1.29 is 14.3 Å². The molecule has 0 saturated carbocycles. The fourth-order valence-corrected chi connectivity index (χ4v) is 2.49. The Morgan fingerprint density at radius 3 is 2.71 bits per heavy atom. The molecule has 2 aliphatic rings. The summed E-state index contributed by atoms with van der Waals surface area (Å²) in [6.07, 6.45) is 1.03. The summed E-state index contributed by atoms with van der Waals surface area (Å²) in [5.41, 5.74) is 1.18. The molecule has 0 radical (unpaired) electrons. The molecular weight excluding hydrogens is 272 g/mol. The topological polar surface area (TPSA) is 82.7 Å². The first-order chi connectivity index (χ1) is 10.2. The molecule has 0 spiro atoms. The molecule has 0 aromatic carbocycles. The van der Waals surface area contributed by atoms with Crippen molar-refractivity contribution in [3.63, 3.8) is 0 Å². The molecule has 3 N–H and O–H groups in total. The Balaban J connectivity index is 2.13. The molecular formula is C14H24N4O3. The second-order valence-electron chi connectivity index (χ2n) is 5.27. The Morgan fingerprint density at radius 1 is 1.38 bits per heavy atom. The fourth-order valence-electron chi connectivity index (χ4n) is 2.49. The number of urea groups is 1. The minimum absolute atomic E-state index is 0.225. The van der Waals surface area contributed by atoms with Crippen molar-refractivity contribution in [1.82, 2.24) is 20.9 Å². The highest BCUT2D eigenvalue weighted by atomic mass is 16.5. The zero-order chi connectivity index (χ0) is 15.2. The Morgan fingerprint density at radius 2 is 2.14 bits per heavy atom. The molecule has 118 valence electrons. The summed E-state index contributed by atoms with van der Waals surface area (Å²) >= 11 is 0. The summed E-state index contributed by atoms with van der Waals surface area (Å²) < 4.78 is 5.07. The lowest BCUT2D eigenvalue weighted by Crippen LogP contribution is -2.59. The highest BCUT2D eigenvalue weighted by Gasteiger charge is 2.29. The van der Waals surface area contributed by atoms with Crippen LogP contribution in [-0.2, 0) is 9.53 Å². The third kappa shape index (κ3) is 3.95. The second kappa shape index (κ2) is 7.42. The van der Waals surface area contributed by atoms with E-state index in [-0.39, 0.29) is 18.5 Å². The number of carbonyl (C=O) groups is 2. The fraction of sp³-hybridized carbons (Fsp3) is 0.714. The monoisotopic (exact) mass is 296 g/mol. The van der Waals surface area contributed by atoms with Crippen molar-refractivity contribution in [2.24, 2.45) is 0 Å². The largest absolute Gasteiger partial charge is 0.463 e. The summed E-state index contributed by atoms with van der Waals surface area (Å²) in [5, 5.41) is 8.64. The quantitative estimate of drug-likeness (QED) is 0.567. The first-order valence-electron chi connectivity index (χ1n) is 7.54. The number of rotatable bonds is 7. The van der Waals surface area contributed by atoms with Crippen LogP contribution >= 0.6 is 0 Å². The number of nitrogens with zero attached hydrogens (tertiary/aromatic N) is 1. The number of ether oxygens (including phenoxy) is 1. The summed E-state index contributed by atoms with van der Waals surface area (Å²) in [5.74, 6) is -0.358. The number of hydrogen-bond acceptors (Lipinski definition) is 5. The van der Waals surface area contributed by atoms with Crippen molar-refractivity contribution in [3.05, 3.63) is 11.3 Å². The highest BCUT2D eigenvalue weighted by molar-refractivity contribution is 5.93. The predicted octanol–water partition coefficient (Wildman–Crippen LogP) is -0.200. The van der Waals surface area contributed by atoms with Crippen molar-refractivity contribution in [2.75, 3.05) is 39.3 Å². The van der Waals surface area contributed by atoms with Crippen molar-refractivity contribution in [1.29, 1.82) is 0 Å². The molecule has 1 saturated heterocycles. The van der Waals surface area contributed by atoms with Gasteiger partial charge in [-0.05, 0) is 19.9 Å². The minimum atomic E-state index is -0.358. The second-order valence-corrected chi connectivity index (χ2v) is 5.27. The normalized spacial score (nSPS) is 19.1. The van der Waals surface area contributed by atoms with Crippen LogP contribution in [0.3, 0.4) is 0 Å². The van der Waals surface area contributed by atoms with Crippen LogP contribution in [0, 0.1) is 0 Å². The third-order valence-electron chi connectivity index (χ3n) is 3.72. The zero-order valence-electron chi connectivity index (χ0n) is 12.7. The van der Waals surface area contributed by atoms with E-state index in [1.54, 1.807) is 6.92 Å². The van der Waals surface area contributed by atoms with E-state index in [0.717, 1.165) is 26.1 Å². The van der Waals surface area contributed by atoms with E-state index in [1.165, 1.54) is 0 Å². The van der Waals surface area contributed by atoms with E-state index in [4.69, 9.17) is 4.74 Å². The summed E-state index contributed by atoms with van der Waals surface area (Å²) in [7, 11) is 0. The maximum atomic E-state index is 12.0. The molecule has 7 nitrogen and oxygen atoms in total. The van der Waals surface area contributed by atoms with Gasteiger partial charge in [-0.1, -0.05) is 6.92 Å². The lowest BCUT2D eigenvalue weighted by atomic mass is 10.1. The van der Waals surface area contributed by atoms with E-state index < -0.39 is 0 Å². The molecule has 0 bridgehead atoms. The van der Waals surface area contributed by atoms with Gasteiger partial charge >= 0.3 is 12.0 Å². The van der Waals surface area contributed by atoms with Gasteiger partial charge in [0.25, 0.3) is 0 Å². The van der Waals surface area contributed by atoms with Crippen LogP contribution in [0.15, 0.2) is 11.3 Å². The summed E-state index contributed by atoms with van der Waals surface area (Å²) in [4.78, 5) is 25.9. The number of hydrogen-bond donors (Lipinski definition) is 3. The lowest BCUT2D eigenvalue weighted by molar-refractivity contribution is -0.138. The number of nitrogens with one attached hydrogen (secondary N) is 3. The van der Waals surface area contributed by atoms with Gasteiger partial charge in [0.15, 0.2) is 0 Å². The van der Waals surface area contributed by atoms with Gasteiger partial charge in [-0.3, -0.25) is 4.90 Å². The standard InChI is InChI=1S/C14H24N4O3/c1-3-5-18(10-6-15-7-10)9-12-11(13(19)21-4-2)8-16-14(20)17-12/h10,15H,3-9H2,1-2H3,(H2,16,17,20). The highest BCUT2D eigenvalue weighted by Crippen LogP contribution is 2.14. The molecule has 1 fully saturated rings. The molecule has 2 heterocycles. The number of amides is 2. The summed E-state index contributed by atoms with van der Waals surface area (Å²) in [6.45, 7) is 7.87. The van der Waals surface area contributed by atoms with Gasteiger partial charge in [-0.25, -0.2) is 9.59 Å². The molecule has 0 atom stereocenters. The molecule has 21 heavy (non-hydrogen) atoms. The van der Waals surface area contributed by atoms with E-state index in [0.29, 0.717) is 30.5 Å². The van der Waals surface area contributed by atoms with E-state index in [2.05, 4.69) is 27.8 Å². The molecule has 0 aromatic rings. The van der Waals surface area contributed by atoms with Crippen LogP contribution in [0.25, 0.3) is 0 Å². The van der Waals surface area contributed by atoms with Crippen LogP contribution in [0.4, 0.5) is 4.79 Å². The Labute approximate surface area is 125 Å². The first kappa shape index (κ1) is 15.8. The van der Waals surface area contributed by atoms with Gasteiger partial charge in [0.05, 0.1) is 18.7 Å².